The van der Waals surface area contributed by atoms with Crippen LogP contribution in [-0.2, 0) is 30.5 Å². The lowest BCUT2D eigenvalue weighted by Gasteiger charge is -2.20. The third kappa shape index (κ3) is 17.4. The molecule has 1 unspecified atom stereocenters. The topological polar surface area (TPSA) is 177 Å². The molecular formula is C36H64N6O6. The summed E-state index contributed by atoms with van der Waals surface area (Å²) in [6, 6.07) is -0.779. The summed E-state index contributed by atoms with van der Waals surface area (Å²) in [7, 11) is 0. The fourth-order valence-electron chi connectivity index (χ4n) is 5.54. The molecular weight excluding hydrogens is 612 g/mol. The highest BCUT2D eigenvalue weighted by Gasteiger charge is 2.22. The van der Waals surface area contributed by atoms with Crippen LogP contribution < -0.4 is 17.0 Å². The number of hydrogen-bond acceptors (Lipinski definition) is 10. The van der Waals surface area contributed by atoms with Crippen molar-refractivity contribution in [2.24, 2.45) is 11.7 Å². The largest absolute Gasteiger partial charge is 0.463 e. The van der Waals surface area contributed by atoms with E-state index in [2.05, 4.69) is 21.9 Å². The maximum Gasteiger partial charge on any atom is 0.323 e. The minimum atomic E-state index is -0.779. The Balaban J connectivity index is 1.57. The van der Waals surface area contributed by atoms with Crippen LogP contribution in [-0.4, -0.2) is 56.8 Å². The Morgan fingerprint density at radius 2 is 1.31 bits per heavy atom. The van der Waals surface area contributed by atoms with Gasteiger partial charge in [0.2, 0.25) is 5.95 Å². The molecule has 2 aromatic rings. The fraction of sp³-hybridized carbons (Fsp3) is 0.806. The number of carbonyl (C=O) groups excluding carboxylic acids is 2. The van der Waals surface area contributed by atoms with E-state index in [1.807, 2.05) is 13.8 Å². The summed E-state index contributed by atoms with van der Waals surface area (Å²) in [6.07, 6.45) is 25.6. The van der Waals surface area contributed by atoms with E-state index in [-0.39, 0.29) is 48.9 Å². The fourth-order valence-corrected chi connectivity index (χ4v) is 5.54. The number of hydrogen-bond donors (Lipinski definition) is 3. The summed E-state index contributed by atoms with van der Waals surface area (Å²) in [4.78, 5) is 47.4. The second kappa shape index (κ2) is 25.0. The molecule has 0 spiro atoms. The SMILES string of the molecule is CCCCCCCCCCCCCCCCCCCCCC(=O)OCC(COC(=O)[C@@H](N)C(C)C)OCn1cnc2c(=O)[nH]c(N)nc21. The number of fused-ring (bicyclic) bond motifs is 1. The van der Waals surface area contributed by atoms with Crippen LogP contribution in [0, 0.1) is 5.92 Å². The molecule has 0 aliphatic carbocycles. The van der Waals surface area contributed by atoms with Crippen molar-refractivity contribution in [3.8, 4) is 0 Å². The molecule has 2 rings (SSSR count). The average molecular weight is 677 g/mol. The molecule has 0 aliphatic heterocycles. The molecule has 5 N–H and O–H groups in total. The molecule has 274 valence electrons. The van der Waals surface area contributed by atoms with Crippen LogP contribution in [0.3, 0.4) is 0 Å². The van der Waals surface area contributed by atoms with Crippen molar-refractivity contribution in [1.82, 2.24) is 19.5 Å². The molecule has 0 aliphatic rings. The van der Waals surface area contributed by atoms with Gasteiger partial charge >= 0.3 is 11.9 Å². The first kappa shape index (κ1) is 41.2. The molecule has 2 heterocycles. The number of unbranched alkanes of at least 4 members (excludes halogenated alkanes) is 18. The van der Waals surface area contributed by atoms with Crippen LogP contribution in [0.5, 0.6) is 0 Å². The van der Waals surface area contributed by atoms with Crippen molar-refractivity contribution < 1.29 is 23.8 Å². The number of ether oxygens (including phenoxy) is 3. The van der Waals surface area contributed by atoms with E-state index < -0.39 is 23.7 Å². The predicted octanol–water partition coefficient (Wildman–Crippen LogP) is 6.94. The Labute approximate surface area is 287 Å². The molecule has 0 aromatic carbocycles. The quantitative estimate of drug-likeness (QED) is 0.0604. The van der Waals surface area contributed by atoms with Crippen LogP contribution in [0.2, 0.25) is 0 Å². The molecule has 0 amide bonds. The van der Waals surface area contributed by atoms with E-state index in [1.165, 1.54) is 114 Å². The van der Waals surface area contributed by atoms with Crippen LogP contribution in [0.1, 0.15) is 149 Å². The minimum Gasteiger partial charge on any atom is -0.463 e. The van der Waals surface area contributed by atoms with Crippen molar-refractivity contribution in [1.29, 1.82) is 0 Å². The predicted molar refractivity (Wildman–Crippen MR) is 190 cm³/mol. The van der Waals surface area contributed by atoms with Crippen LogP contribution in [0.4, 0.5) is 5.95 Å². The second-order valence-electron chi connectivity index (χ2n) is 13.5. The normalized spacial score (nSPS) is 12.9. The number of imidazole rings is 1. The average Bonchev–Trinajstić information content (AvgIpc) is 3.47. The summed E-state index contributed by atoms with van der Waals surface area (Å²) < 4.78 is 18.2. The van der Waals surface area contributed by atoms with Crippen molar-refractivity contribution >= 4 is 29.1 Å². The monoisotopic (exact) mass is 676 g/mol. The molecule has 2 aromatic heterocycles. The number of aromatic nitrogens is 4. The first-order valence-corrected chi connectivity index (χ1v) is 18.6. The molecule has 0 radical (unpaired) electrons. The van der Waals surface area contributed by atoms with E-state index in [9.17, 15) is 14.4 Å². The standard InChI is InChI=1S/C36H64N6O6/c1-4-5-6-7-8-9-10-11-12-13-14-15-16-17-18-19-20-21-22-23-30(43)46-24-29(25-47-35(45)31(37)28(2)3)48-27-42-26-39-32-33(42)40-36(38)41-34(32)44/h26,28-29,31H,4-25,27,37H2,1-3H3,(H3,38,40,41,44)/t29?,31-/m0/s1. The van der Waals surface area contributed by atoms with Gasteiger partial charge in [0.05, 0.1) is 6.33 Å². The number of esters is 2. The van der Waals surface area contributed by atoms with Gasteiger partial charge in [-0.15, -0.1) is 0 Å². The van der Waals surface area contributed by atoms with Gasteiger partial charge < -0.3 is 25.7 Å². The van der Waals surface area contributed by atoms with Gasteiger partial charge in [0.25, 0.3) is 5.56 Å². The Bertz CT molecular complexity index is 1220. The zero-order valence-electron chi connectivity index (χ0n) is 30.0. The lowest BCUT2D eigenvalue weighted by atomic mass is 10.0. The third-order valence-corrected chi connectivity index (χ3v) is 8.76. The summed E-state index contributed by atoms with van der Waals surface area (Å²) in [5.74, 6) is -1.03. The number of nitrogens with one attached hydrogen (secondary N) is 1. The number of aromatic amines is 1. The number of anilines is 1. The van der Waals surface area contributed by atoms with Crippen LogP contribution in [0.25, 0.3) is 11.2 Å². The Morgan fingerprint density at radius 1 is 0.812 bits per heavy atom. The highest BCUT2D eigenvalue weighted by atomic mass is 16.6. The molecule has 0 fully saturated rings. The summed E-state index contributed by atoms with van der Waals surface area (Å²) >= 11 is 0. The number of rotatable bonds is 29. The van der Waals surface area contributed by atoms with E-state index in [0.29, 0.717) is 6.42 Å². The second-order valence-corrected chi connectivity index (χ2v) is 13.5. The number of nitrogen functional groups attached to an aromatic ring is 1. The lowest BCUT2D eigenvalue weighted by Crippen LogP contribution is -2.39. The van der Waals surface area contributed by atoms with E-state index >= 15 is 0 Å². The zero-order valence-corrected chi connectivity index (χ0v) is 30.0. The summed E-state index contributed by atoms with van der Waals surface area (Å²) in [5.41, 5.74) is 11.5. The van der Waals surface area contributed by atoms with Gasteiger partial charge in [0.15, 0.2) is 11.2 Å². The molecule has 2 atom stereocenters. The zero-order chi connectivity index (χ0) is 35.0. The lowest BCUT2D eigenvalue weighted by molar-refractivity contribution is -0.158. The maximum absolute atomic E-state index is 12.5. The van der Waals surface area contributed by atoms with Gasteiger partial charge in [-0.25, -0.2) is 4.98 Å². The van der Waals surface area contributed by atoms with Gasteiger partial charge in [0.1, 0.15) is 32.1 Å². The van der Waals surface area contributed by atoms with Gasteiger partial charge in [-0.1, -0.05) is 136 Å². The van der Waals surface area contributed by atoms with Gasteiger partial charge in [0, 0.05) is 6.42 Å². The number of nitrogens with zero attached hydrogens (tertiary/aromatic N) is 3. The van der Waals surface area contributed by atoms with Crippen molar-refractivity contribution in [3.63, 3.8) is 0 Å². The smallest absolute Gasteiger partial charge is 0.323 e. The first-order chi connectivity index (χ1) is 23.2. The third-order valence-electron chi connectivity index (χ3n) is 8.76. The van der Waals surface area contributed by atoms with Crippen LogP contribution >= 0.6 is 0 Å². The van der Waals surface area contributed by atoms with Gasteiger partial charge in [-0.2, -0.15) is 4.98 Å². The minimum absolute atomic E-state index is 0.0499. The Hall–Kier alpha value is -2.99. The Kier molecular flexibility index (Phi) is 21.5. The number of carbonyl (C=O) groups is 2. The molecule has 48 heavy (non-hydrogen) atoms. The summed E-state index contributed by atoms with van der Waals surface area (Å²) in [6.45, 7) is 5.58. The van der Waals surface area contributed by atoms with E-state index in [0.717, 1.165) is 19.3 Å². The van der Waals surface area contributed by atoms with E-state index in [1.54, 1.807) is 0 Å². The molecule has 12 heteroatoms. The summed E-state index contributed by atoms with van der Waals surface area (Å²) in [5, 5.41) is 0. The molecule has 12 nitrogen and oxygen atoms in total. The maximum atomic E-state index is 12.5. The van der Waals surface area contributed by atoms with Gasteiger partial charge in [-0.05, 0) is 12.3 Å². The number of nitrogens with two attached hydrogens (primary N) is 2. The first-order valence-electron chi connectivity index (χ1n) is 18.6. The highest BCUT2D eigenvalue weighted by Crippen LogP contribution is 2.15. The molecule has 0 saturated carbocycles. The molecule has 0 saturated heterocycles. The Morgan fingerprint density at radius 3 is 1.83 bits per heavy atom. The van der Waals surface area contributed by atoms with E-state index in [4.69, 9.17) is 25.7 Å². The highest BCUT2D eigenvalue weighted by molar-refractivity contribution is 5.75. The van der Waals surface area contributed by atoms with Crippen LogP contribution in [0.15, 0.2) is 11.1 Å². The van der Waals surface area contributed by atoms with Gasteiger partial charge in [-0.3, -0.25) is 23.9 Å². The number of H-pyrrole nitrogens is 1. The molecule has 0 bridgehead atoms. The van der Waals surface area contributed by atoms with Crippen molar-refractivity contribution in [2.75, 3.05) is 18.9 Å². The van der Waals surface area contributed by atoms with Crippen molar-refractivity contribution in [3.05, 3.63) is 16.7 Å². The van der Waals surface area contributed by atoms with Crippen molar-refractivity contribution in [2.45, 2.75) is 168 Å².